The monoisotopic (exact) mass is 388 g/mol. The summed E-state index contributed by atoms with van der Waals surface area (Å²) in [5.74, 6) is -1.82. The van der Waals surface area contributed by atoms with Crippen LogP contribution in [-0.2, 0) is 9.53 Å². The topological polar surface area (TPSA) is 66.8 Å². The van der Waals surface area contributed by atoms with Crippen molar-refractivity contribution < 1.29 is 32.9 Å². The van der Waals surface area contributed by atoms with Gasteiger partial charge in [-0.05, 0) is 55.8 Å². The predicted octanol–water partition coefficient (Wildman–Crippen LogP) is 3.53. The van der Waals surface area contributed by atoms with Crippen LogP contribution in [0.1, 0.15) is 46.5 Å². The molecule has 1 heterocycles. The van der Waals surface area contributed by atoms with Crippen LogP contribution in [0.2, 0.25) is 0 Å². The molecule has 7 heteroatoms. The Bertz CT molecular complexity index is 683. The molecule has 2 N–H and O–H groups in total. The van der Waals surface area contributed by atoms with E-state index in [0.29, 0.717) is 12.8 Å². The number of aliphatic hydroxyl groups excluding tert-OH is 1. The Kier molecular flexibility index (Phi) is 5.00. The summed E-state index contributed by atoms with van der Waals surface area (Å²) in [6.07, 6.45) is -1.09. The molecule has 0 spiro atoms. The first-order valence-corrected chi connectivity index (χ1v) is 9.43. The number of hydrogen-bond acceptors (Lipinski definition) is 4. The zero-order valence-electron chi connectivity index (χ0n) is 15.8. The fourth-order valence-electron chi connectivity index (χ4n) is 5.44. The Balaban J connectivity index is 1.89. The number of carbonyl (C=O) groups excluding carboxylic acids is 1. The summed E-state index contributed by atoms with van der Waals surface area (Å²) < 4.78 is 45.4. The Hall–Kier alpha value is -1.34. The van der Waals surface area contributed by atoms with Crippen LogP contribution in [0.25, 0.3) is 0 Å². The smallest absolute Gasteiger partial charge is 0.417 e. The first-order valence-electron chi connectivity index (χ1n) is 9.43. The third-order valence-corrected chi connectivity index (χ3v) is 7.32. The summed E-state index contributed by atoms with van der Waals surface area (Å²) in [4.78, 5) is 11.7. The van der Waals surface area contributed by atoms with Gasteiger partial charge >= 0.3 is 12.1 Å². The summed E-state index contributed by atoms with van der Waals surface area (Å²) in [6.45, 7) is 5.40. The van der Waals surface area contributed by atoms with Crippen LogP contribution in [0.4, 0.5) is 13.2 Å². The lowest BCUT2D eigenvalue weighted by molar-refractivity contribution is -0.304. The highest BCUT2D eigenvalue weighted by atomic mass is 19.4. The molecule has 1 saturated heterocycles. The molecule has 0 aromatic heterocycles. The molecule has 0 aromatic carbocycles. The lowest BCUT2D eigenvalue weighted by Gasteiger charge is -2.57. The van der Waals surface area contributed by atoms with E-state index in [9.17, 15) is 28.2 Å². The minimum atomic E-state index is -4.65. The Labute approximate surface area is 157 Å². The normalized spacial score (nSPS) is 44.1. The molecule has 0 unspecified atom stereocenters. The fourth-order valence-corrected chi connectivity index (χ4v) is 5.44. The van der Waals surface area contributed by atoms with Gasteiger partial charge in [0.2, 0.25) is 0 Å². The van der Waals surface area contributed by atoms with Gasteiger partial charge in [0.05, 0.1) is 5.57 Å². The van der Waals surface area contributed by atoms with Gasteiger partial charge in [-0.3, -0.25) is 0 Å². The molecule has 0 radical (unpaired) electrons. The highest BCUT2D eigenvalue weighted by molar-refractivity contribution is 5.91. The number of halogens is 3. The maximum absolute atomic E-state index is 13.5. The SMILES string of the molecule is CC1=CC[C@@H]2[C@@H](C)[C@@](O)(C(F)(F)F)CC[C@@]2(C)[C@@H]1C/C=C1/C(=O)OC[C@H]1O. The summed E-state index contributed by atoms with van der Waals surface area (Å²) in [5, 5.41) is 20.3. The number of cyclic esters (lactones) is 1. The van der Waals surface area contributed by atoms with Crippen LogP contribution in [-0.4, -0.2) is 40.7 Å². The van der Waals surface area contributed by atoms with E-state index < -0.39 is 35.2 Å². The number of alkyl halides is 3. The van der Waals surface area contributed by atoms with E-state index in [1.165, 1.54) is 6.92 Å². The maximum atomic E-state index is 13.5. The van der Waals surface area contributed by atoms with Gasteiger partial charge < -0.3 is 14.9 Å². The Morgan fingerprint density at radius 2 is 2.04 bits per heavy atom. The number of esters is 1. The number of ether oxygens (including phenoxy) is 1. The molecule has 0 amide bonds. The number of aliphatic hydroxyl groups is 2. The molecule has 4 nitrogen and oxygen atoms in total. The van der Waals surface area contributed by atoms with Crippen molar-refractivity contribution in [2.24, 2.45) is 23.2 Å². The lowest BCUT2D eigenvalue weighted by atomic mass is 9.49. The molecular weight excluding hydrogens is 361 g/mol. The van der Waals surface area contributed by atoms with Gasteiger partial charge in [-0.2, -0.15) is 13.2 Å². The summed E-state index contributed by atoms with van der Waals surface area (Å²) >= 11 is 0. The average Bonchev–Trinajstić information content (AvgIpc) is 2.89. The van der Waals surface area contributed by atoms with E-state index in [1.807, 2.05) is 19.9 Å². The summed E-state index contributed by atoms with van der Waals surface area (Å²) in [5.41, 5.74) is -1.77. The third-order valence-electron chi connectivity index (χ3n) is 7.32. The Morgan fingerprint density at radius 3 is 2.59 bits per heavy atom. The van der Waals surface area contributed by atoms with Crippen LogP contribution < -0.4 is 0 Å². The molecule has 1 saturated carbocycles. The minimum Gasteiger partial charge on any atom is -0.459 e. The van der Waals surface area contributed by atoms with E-state index in [1.54, 1.807) is 6.08 Å². The van der Waals surface area contributed by atoms with Crippen molar-refractivity contribution in [1.29, 1.82) is 0 Å². The van der Waals surface area contributed by atoms with Gasteiger partial charge in [0.1, 0.15) is 12.7 Å². The van der Waals surface area contributed by atoms with E-state index in [4.69, 9.17) is 4.74 Å². The zero-order chi connectivity index (χ0) is 20.2. The van der Waals surface area contributed by atoms with Crippen molar-refractivity contribution in [2.45, 2.75) is 64.3 Å². The van der Waals surface area contributed by atoms with Gasteiger partial charge in [0, 0.05) is 0 Å². The highest BCUT2D eigenvalue weighted by Crippen LogP contribution is 2.61. The lowest BCUT2D eigenvalue weighted by Crippen LogP contribution is -2.60. The molecule has 6 atom stereocenters. The van der Waals surface area contributed by atoms with Gasteiger partial charge in [-0.15, -0.1) is 0 Å². The van der Waals surface area contributed by atoms with Crippen molar-refractivity contribution in [3.63, 3.8) is 0 Å². The van der Waals surface area contributed by atoms with E-state index >= 15 is 0 Å². The first-order chi connectivity index (χ1) is 12.4. The second-order valence-electron chi connectivity index (χ2n) is 8.57. The van der Waals surface area contributed by atoms with Crippen molar-refractivity contribution in [1.82, 2.24) is 0 Å². The van der Waals surface area contributed by atoms with E-state index in [-0.39, 0.29) is 36.9 Å². The molecule has 3 rings (SSSR count). The van der Waals surface area contributed by atoms with Crippen molar-refractivity contribution in [3.8, 4) is 0 Å². The van der Waals surface area contributed by atoms with Crippen molar-refractivity contribution >= 4 is 5.97 Å². The summed E-state index contributed by atoms with van der Waals surface area (Å²) in [6, 6.07) is 0. The van der Waals surface area contributed by atoms with Crippen LogP contribution in [0, 0.1) is 23.2 Å². The van der Waals surface area contributed by atoms with Crippen molar-refractivity contribution in [3.05, 3.63) is 23.3 Å². The molecule has 0 bridgehead atoms. The largest absolute Gasteiger partial charge is 0.459 e. The van der Waals surface area contributed by atoms with Crippen LogP contribution in [0.5, 0.6) is 0 Å². The molecule has 0 aromatic rings. The number of allylic oxidation sites excluding steroid dienone is 3. The highest BCUT2D eigenvalue weighted by Gasteiger charge is 2.64. The van der Waals surface area contributed by atoms with Crippen LogP contribution >= 0.6 is 0 Å². The minimum absolute atomic E-state index is 0.0513. The van der Waals surface area contributed by atoms with Crippen molar-refractivity contribution in [2.75, 3.05) is 6.61 Å². The molecule has 3 aliphatic rings. The molecule has 152 valence electrons. The molecule has 1 aliphatic heterocycles. The third kappa shape index (κ3) is 3.12. The average molecular weight is 388 g/mol. The summed E-state index contributed by atoms with van der Waals surface area (Å²) in [7, 11) is 0. The number of fused-ring (bicyclic) bond motifs is 1. The predicted molar refractivity (Wildman–Crippen MR) is 92.5 cm³/mol. The molecular formula is C20H27F3O4. The molecule has 2 fully saturated rings. The Morgan fingerprint density at radius 1 is 1.37 bits per heavy atom. The number of rotatable bonds is 2. The van der Waals surface area contributed by atoms with Gasteiger partial charge in [-0.1, -0.05) is 31.6 Å². The van der Waals surface area contributed by atoms with Gasteiger partial charge in [0.25, 0.3) is 0 Å². The quantitative estimate of drug-likeness (QED) is 0.431. The first kappa shape index (κ1) is 20.4. The fraction of sp³-hybridized carbons (Fsp3) is 0.750. The number of hydrogen-bond donors (Lipinski definition) is 2. The van der Waals surface area contributed by atoms with Gasteiger partial charge in [-0.25, -0.2) is 4.79 Å². The van der Waals surface area contributed by atoms with Gasteiger partial charge in [0.15, 0.2) is 5.60 Å². The standard InChI is InChI=1S/C20H27F3O4/c1-11-4-6-15-12(2)19(26,20(21,22)23)9-8-18(15,3)14(11)7-5-13-16(24)10-27-17(13)25/h4-5,12,14-16,24,26H,6-10H2,1-3H3/b13-5+/t12-,14-,15-,16-,18+,19-/m1/s1. The van der Waals surface area contributed by atoms with Crippen LogP contribution in [0.3, 0.4) is 0 Å². The molecule has 2 aliphatic carbocycles. The zero-order valence-corrected chi connectivity index (χ0v) is 15.8. The van der Waals surface area contributed by atoms with Crippen LogP contribution in [0.15, 0.2) is 23.3 Å². The van der Waals surface area contributed by atoms with E-state index in [0.717, 1.165) is 5.57 Å². The van der Waals surface area contributed by atoms with E-state index in [2.05, 4.69) is 0 Å². The second-order valence-corrected chi connectivity index (χ2v) is 8.57. The second kappa shape index (κ2) is 6.62. The maximum Gasteiger partial charge on any atom is 0.417 e. The molecule has 27 heavy (non-hydrogen) atoms. The number of carbonyl (C=O) groups is 1.